The maximum Gasteiger partial charge on any atom is 0.256 e. The van der Waals surface area contributed by atoms with Crippen molar-refractivity contribution in [3.8, 4) is 0 Å². The second-order valence-electron chi connectivity index (χ2n) is 6.20. The van der Waals surface area contributed by atoms with E-state index in [0.717, 1.165) is 5.56 Å². The summed E-state index contributed by atoms with van der Waals surface area (Å²) in [5.41, 5.74) is 3.10. The van der Waals surface area contributed by atoms with Crippen LogP contribution in [-0.2, 0) is 0 Å². The molecule has 0 saturated carbocycles. The lowest BCUT2D eigenvalue weighted by atomic mass is 9.91. The summed E-state index contributed by atoms with van der Waals surface area (Å²) in [6, 6.07) is 9.32. The maximum atomic E-state index is 12.0. The molecule has 2 aromatic rings. The first-order valence-corrected chi connectivity index (χ1v) is 6.96. The molecule has 0 aliphatic heterocycles. The van der Waals surface area contributed by atoms with Gasteiger partial charge in [0.05, 0.1) is 6.20 Å². The number of amides is 1. The lowest BCUT2D eigenvalue weighted by Gasteiger charge is -2.14. The zero-order chi connectivity index (χ0) is 15.5. The van der Waals surface area contributed by atoms with Gasteiger partial charge >= 0.3 is 0 Å². The Morgan fingerprint density at radius 3 is 2.29 bits per heavy atom. The predicted octanol–water partition coefficient (Wildman–Crippen LogP) is 4.11. The second kappa shape index (κ2) is 5.95. The van der Waals surface area contributed by atoms with Crippen molar-refractivity contribution in [2.75, 3.05) is 5.32 Å². The molecule has 0 bridgehead atoms. The number of anilines is 1. The molecule has 110 valence electrons. The van der Waals surface area contributed by atoms with Crippen LogP contribution in [0.3, 0.4) is 0 Å². The van der Waals surface area contributed by atoms with E-state index in [9.17, 15) is 4.79 Å². The summed E-state index contributed by atoms with van der Waals surface area (Å²) in [5.74, 6) is 0.441. The molecule has 1 aromatic carbocycles. The summed E-state index contributed by atoms with van der Waals surface area (Å²) in [6.45, 7) is 8.60. The van der Waals surface area contributed by atoms with Gasteiger partial charge in [-0.25, -0.2) is 0 Å². The number of hydrogen-bond acceptors (Lipinski definition) is 2. The van der Waals surface area contributed by atoms with Crippen molar-refractivity contribution in [2.24, 2.45) is 5.41 Å². The standard InChI is InChI=1S/C17H21N3O/c1-12(11-17(2,3)4)13-5-7-14(8-6-13)16(21)19-15-9-10-18-20-15/h5-11H,1-4H3,(H2,18,19,20,21)/b12-11+. The summed E-state index contributed by atoms with van der Waals surface area (Å²) in [7, 11) is 0. The number of benzene rings is 1. The van der Waals surface area contributed by atoms with Crippen LogP contribution < -0.4 is 5.32 Å². The molecule has 1 aromatic heterocycles. The maximum absolute atomic E-state index is 12.0. The molecule has 0 radical (unpaired) electrons. The topological polar surface area (TPSA) is 57.8 Å². The Labute approximate surface area is 125 Å². The van der Waals surface area contributed by atoms with Crippen LogP contribution in [0.15, 0.2) is 42.6 Å². The van der Waals surface area contributed by atoms with Crippen LogP contribution in [0.4, 0.5) is 5.82 Å². The Hall–Kier alpha value is -2.36. The monoisotopic (exact) mass is 283 g/mol. The SMILES string of the molecule is C/C(=C\C(C)(C)C)c1ccc(C(=O)Nc2ccn[nH]2)cc1. The number of aromatic amines is 1. The third-order valence-electron chi connectivity index (χ3n) is 3.00. The Kier molecular flexibility index (Phi) is 4.26. The van der Waals surface area contributed by atoms with Gasteiger partial charge in [-0.1, -0.05) is 39.0 Å². The van der Waals surface area contributed by atoms with Crippen molar-refractivity contribution in [3.63, 3.8) is 0 Å². The molecule has 0 atom stereocenters. The van der Waals surface area contributed by atoms with Gasteiger partial charge < -0.3 is 5.32 Å². The molecule has 0 saturated heterocycles. The highest BCUT2D eigenvalue weighted by molar-refractivity contribution is 6.03. The van der Waals surface area contributed by atoms with E-state index in [1.165, 1.54) is 5.57 Å². The fourth-order valence-corrected chi connectivity index (χ4v) is 2.14. The largest absolute Gasteiger partial charge is 0.307 e. The van der Waals surface area contributed by atoms with Gasteiger partial charge in [-0.05, 0) is 35.6 Å². The summed E-state index contributed by atoms with van der Waals surface area (Å²) < 4.78 is 0. The summed E-state index contributed by atoms with van der Waals surface area (Å²) in [6.07, 6.45) is 3.83. The molecule has 0 fully saturated rings. The Bertz CT molecular complexity index is 632. The van der Waals surface area contributed by atoms with Crippen LogP contribution in [0.2, 0.25) is 0 Å². The van der Waals surface area contributed by atoms with E-state index in [1.54, 1.807) is 12.3 Å². The van der Waals surface area contributed by atoms with Crippen LogP contribution in [-0.4, -0.2) is 16.1 Å². The van der Waals surface area contributed by atoms with Gasteiger partial charge in [0.25, 0.3) is 5.91 Å². The number of carbonyl (C=O) groups is 1. The molecule has 0 spiro atoms. The van der Waals surface area contributed by atoms with Gasteiger partial charge in [-0.2, -0.15) is 5.10 Å². The van der Waals surface area contributed by atoms with Crippen LogP contribution in [0.25, 0.3) is 5.57 Å². The second-order valence-corrected chi connectivity index (χ2v) is 6.20. The highest BCUT2D eigenvalue weighted by Crippen LogP contribution is 2.23. The molecule has 21 heavy (non-hydrogen) atoms. The average Bonchev–Trinajstić information content (AvgIpc) is 2.90. The zero-order valence-electron chi connectivity index (χ0n) is 12.9. The number of rotatable bonds is 3. The van der Waals surface area contributed by atoms with Crippen molar-refractivity contribution in [1.82, 2.24) is 10.2 Å². The number of allylic oxidation sites excluding steroid dienone is 2. The van der Waals surface area contributed by atoms with Crippen LogP contribution in [0, 0.1) is 5.41 Å². The highest BCUT2D eigenvalue weighted by atomic mass is 16.1. The highest BCUT2D eigenvalue weighted by Gasteiger charge is 2.09. The van der Waals surface area contributed by atoms with Crippen molar-refractivity contribution in [2.45, 2.75) is 27.7 Å². The molecule has 0 unspecified atom stereocenters. The molecule has 1 heterocycles. The third-order valence-corrected chi connectivity index (χ3v) is 3.00. The van der Waals surface area contributed by atoms with Crippen LogP contribution in [0.5, 0.6) is 0 Å². The molecule has 2 N–H and O–H groups in total. The molecule has 4 nitrogen and oxygen atoms in total. The molecule has 1 amide bonds. The molecular weight excluding hydrogens is 262 g/mol. The van der Waals surface area contributed by atoms with Gasteiger partial charge in [0.15, 0.2) is 0 Å². The van der Waals surface area contributed by atoms with E-state index in [4.69, 9.17) is 0 Å². The minimum atomic E-state index is -0.150. The van der Waals surface area contributed by atoms with Gasteiger partial charge in [0.1, 0.15) is 5.82 Å². The van der Waals surface area contributed by atoms with E-state index in [1.807, 2.05) is 24.3 Å². The number of carbonyl (C=O) groups excluding carboxylic acids is 1. The fourth-order valence-electron chi connectivity index (χ4n) is 2.14. The number of nitrogens with zero attached hydrogens (tertiary/aromatic N) is 1. The average molecular weight is 283 g/mol. The lowest BCUT2D eigenvalue weighted by Crippen LogP contribution is -2.12. The normalized spacial score (nSPS) is 12.3. The van der Waals surface area contributed by atoms with Gasteiger partial charge in [0, 0.05) is 11.6 Å². The Morgan fingerprint density at radius 2 is 1.76 bits per heavy atom. The van der Waals surface area contributed by atoms with Gasteiger partial charge in [-0.15, -0.1) is 0 Å². The first-order chi connectivity index (χ1) is 9.85. The van der Waals surface area contributed by atoms with Crippen molar-refractivity contribution < 1.29 is 4.79 Å². The smallest absolute Gasteiger partial charge is 0.256 e. The number of aromatic nitrogens is 2. The van der Waals surface area contributed by atoms with Gasteiger partial charge in [0.2, 0.25) is 0 Å². The Balaban J connectivity index is 2.12. The third kappa shape index (κ3) is 4.31. The minimum absolute atomic E-state index is 0.140. The number of hydrogen-bond donors (Lipinski definition) is 2. The van der Waals surface area contributed by atoms with Gasteiger partial charge in [-0.3, -0.25) is 9.89 Å². The van der Waals surface area contributed by atoms with Crippen molar-refractivity contribution in [1.29, 1.82) is 0 Å². The van der Waals surface area contributed by atoms with Crippen LogP contribution in [0.1, 0.15) is 43.6 Å². The number of H-pyrrole nitrogens is 1. The van der Waals surface area contributed by atoms with Crippen molar-refractivity contribution >= 4 is 17.3 Å². The molecule has 0 aliphatic rings. The first kappa shape index (κ1) is 15.0. The van der Waals surface area contributed by atoms with E-state index in [2.05, 4.69) is 49.3 Å². The van der Waals surface area contributed by atoms with Crippen molar-refractivity contribution in [3.05, 3.63) is 53.7 Å². The quantitative estimate of drug-likeness (QED) is 0.890. The van der Waals surface area contributed by atoms with E-state index < -0.39 is 0 Å². The minimum Gasteiger partial charge on any atom is -0.307 e. The molecular formula is C17H21N3O. The first-order valence-electron chi connectivity index (χ1n) is 6.96. The Morgan fingerprint density at radius 1 is 1.14 bits per heavy atom. The fraction of sp³-hybridized carbons (Fsp3) is 0.294. The zero-order valence-corrected chi connectivity index (χ0v) is 12.9. The summed E-state index contributed by atoms with van der Waals surface area (Å²) >= 11 is 0. The van der Waals surface area contributed by atoms with Crippen LogP contribution >= 0.6 is 0 Å². The lowest BCUT2D eigenvalue weighted by molar-refractivity contribution is 0.102. The van der Waals surface area contributed by atoms with E-state index in [0.29, 0.717) is 11.4 Å². The molecule has 0 aliphatic carbocycles. The van der Waals surface area contributed by atoms with E-state index >= 15 is 0 Å². The summed E-state index contributed by atoms with van der Waals surface area (Å²) in [5, 5.41) is 9.25. The molecule has 4 heteroatoms. The predicted molar refractivity (Wildman–Crippen MR) is 86.1 cm³/mol. The van der Waals surface area contributed by atoms with E-state index in [-0.39, 0.29) is 11.3 Å². The molecule has 2 rings (SSSR count). The summed E-state index contributed by atoms with van der Waals surface area (Å²) in [4.78, 5) is 12.0. The number of nitrogens with one attached hydrogen (secondary N) is 2.